The molecule has 0 bridgehead atoms. The van der Waals surface area contributed by atoms with E-state index in [0.29, 0.717) is 5.56 Å². The Morgan fingerprint density at radius 2 is 1.78 bits per heavy atom. The summed E-state index contributed by atoms with van der Waals surface area (Å²) in [6.07, 6.45) is 6.40. The normalized spacial score (nSPS) is 22.3. The molecule has 3 aliphatic rings. The van der Waals surface area contributed by atoms with Crippen LogP contribution in [0.4, 0.5) is 5.69 Å². The highest BCUT2D eigenvalue weighted by Gasteiger charge is 2.51. The summed E-state index contributed by atoms with van der Waals surface area (Å²) in [4.78, 5) is 47.7. The largest absolute Gasteiger partial charge is 0.481 e. The van der Waals surface area contributed by atoms with Gasteiger partial charge in [-0.05, 0) is 55.0 Å². The van der Waals surface area contributed by atoms with Crippen LogP contribution in [0, 0.1) is 5.92 Å². The summed E-state index contributed by atoms with van der Waals surface area (Å²) in [5, 5.41) is 9.17. The van der Waals surface area contributed by atoms with Crippen molar-refractivity contribution in [2.24, 2.45) is 5.92 Å². The van der Waals surface area contributed by atoms with Crippen LogP contribution in [0.25, 0.3) is 10.4 Å². The first-order valence-corrected chi connectivity index (χ1v) is 13.9. The lowest BCUT2D eigenvalue weighted by atomic mass is 9.81. The first kappa shape index (κ1) is 23.9. The second-order valence-corrected chi connectivity index (χ2v) is 11.1. The number of para-hydroxylation sites is 1. The molecule has 1 aliphatic heterocycles. The summed E-state index contributed by atoms with van der Waals surface area (Å²) < 4.78 is 0. The molecule has 2 heterocycles. The van der Waals surface area contributed by atoms with E-state index >= 15 is 0 Å². The van der Waals surface area contributed by atoms with E-state index < -0.39 is 5.97 Å². The summed E-state index contributed by atoms with van der Waals surface area (Å²) in [5.74, 6) is -0.933. The number of nitrogens with zero attached hydrogens (tertiary/aromatic N) is 3. The van der Waals surface area contributed by atoms with Gasteiger partial charge in [-0.1, -0.05) is 36.8 Å². The number of benzene rings is 2. The Morgan fingerprint density at radius 1 is 1.00 bits per heavy atom. The lowest BCUT2D eigenvalue weighted by molar-refractivity contribution is -0.142. The average molecular weight is 516 g/mol. The molecular weight excluding hydrogens is 486 g/mol. The topological polar surface area (TPSA) is 90.8 Å². The molecule has 8 heteroatoms. The van der Waals surface area contributed by atoms with Crippen LogP contribution >= 0.6 is 11.3 Å². The Labute approximate surface area is 219 Å². The van der Waals surface area contributed by atoms with Crippen molar-refractivity contribution in [2.75, 3.05) is 4.90 Å². The number of rotatable bonds is 7. The van der Waals surface area contributed by atoms with Crippen LogP contribution in [-0.2, 0) is 9.59 Å². The van der Waals surface area contributed by atoms with Gasteiger partial charge in [-0.3, -0.25) is 19.4 Å². The van der Waals surface area contributed by atoms with E-state index in [2.05, 4.69) is 4.98 Å². The lowest BCUT2D eigenvalue weighted by Gasteiger charge is -2.48. The van der Waals surface area contributed by atoms with E-state index in [1.54, 1.807) is 16.8 Å². The highest BCUT2D eigenvalue weighted by molar-refractivity contribution is 7.13. The average Bonchev–Trinajstić information content (AvgIpc) is 3.37. The second kappa shape index (κ2) is 9.74. The monoisotopic (exact) mass is 515 g/mol. The Balaban J connectivity index is 1.36. The number of fused-ring (bicyclic) bond motifs is 2. The summed E-state index contributed by atoms with van der Waals surface area (Å²) >= 11 is 1.57. The van der Waals surface area contributed by atoms with Crippen molar-refractivity contribution in [3.63, 3.8) is 0 Å². The number of aliphatic carboxylic acids is 1. The Morgan fingerprint density at radius 3 is 2.49 bits per heavy atom. The van der Waals surface area contributed by atoms with E-state index in [0.717, 1.165) is 53.8 Å². The van der Waals surface area contributed by atoms with Crippen molar-refractivity contribution in [1.82, 2.24) is 9.88 Å². The maximum atomic E-state index is 14.0. The van der Waals surface area contributed by atoms with Gasteiger partial charge in [0.25, 0.3) is 5.91 Å². The van der Waals surface area contributed by atoms with Gasteiger partial charge >= 0.3 is 5.97 Å². The fraction of sp³-hybridized carbons (Fsp3) is 0.379. The predicted octanol–water partition coefficient (Wildman–Crippen LogP) is 5.54. The van der Waals surface area contributed by atoms with Crippen molar-refractivity contribution in [3.05, 3.63) is 71.4 Å². The quantitative estimate of drug-likeness (QED) is 0.446. The van der Waals surface area contributed by atoms with Crippen LogP contribution in [0.5, 0.6) is 0 Å². The van der Waals surface area contributed by atoms with Gasteiger partial charge < -0.3 is 14.9 Å². The van der Waals surface area contributed by atoms with E-state index in [4.69, 9.17) is 0 Å². The van der Waals surface area contributed by atoms with E-state index in [1.165, 1.54) is 0 Å². The third-order valence-corrected chi connectivity index (χ3v) is 8.75. The van der Waals surface area contributed by atoms with Crippen molar-refractivity contribution in [1.29, 1.82) is 0 Å². The molecule has 3 aromatic rings. The van der Waals surface area contributed by atoms with Crippen LogP contribution in [-0.4, -0.2) is 44.9 Å². The zero-order chi connectivity index (χ0) is 25.5. The Bertz CT molecular complexity index is 1320. The second-order valence-electron chi connectivity index (χ2n) is 10.2. The number of anilines is 1. The third-order valence-electron chi connectivity index (χ3n) is 7.93. The fourth-order valence-electron chi connectivity index (χ4n) is 6.20. The smallest absolute Gasteiger partial charge is 0.303 e. The summed E-state index contributed by atoms with van der Waals surface area (Å²) in [6, 6.07) is 15.7. The highest BCUT2D eigenvalue weighted by atomic mass is 32.1. The van der Waals surface area contributed by atoms with Gasteiger partial charge in [0.15, 0.2) is 0 Å². The SMILES string of the molecule is O=C(O)CCC(=O)N(C1CC1)C1c2ccccc2N(C(=O)c2ccc(-c3cncs3)cc2)C2CCCC21. The molecule has 0 radical (unpaired) electrons. The number of carbonyl (C=O) groups excluding carboxylic acids is 2. The minimum absolute atomic E-state index is 0.00194. The van der Waals surface area contributed by atoms with Crippen LogP contribution in [0.1, 0.15) is 66.9 Å². The van der Waals surface area contributed by atoms with Crippen molar-refractivity contribution >= 4 is 34.8 Å². The van der Waals surface area contributed by atoms with Crippen LogP contribution in [0.2, 0.25) is 0 Å². The van der Waals surface area contributed by atoms with Gasteiger partial charge in [-0.2, -0.15) is 0 Å². The van der Waals surface area contributed by atoms with Crippen LogP contribution in [0.15, 0.2) is 60.2 Å². The molecule has 3 atom stereocenters. The molecule has 1 N–H and O–H groups in total. The number of carbonyl (C=O) groups is 3. The number of aromatic nitrogens is 1. The molecule has 7 nitrogen and oxygen atoms in total. The van der Waals surface area contributed by atoms with Crippen LogP contribution < -0.4 is 4.90 Å². The fourth-order valence-corrected chi connectivity index (χ4v) is 6.83. The van der Waals surface area contributed by atoms with Gasteiger partial charge in [-0.25, -0.2) is 0 Å². The number of carboxylic acids is 1. The first-order valence-electron chi connectivity index (χ1n) is 13.0. The molecule has 2 aromatic carbocycles. The molecule has 37 heavy (non-hydrogen) atoms. The number of hydrogen-bond donors (Lipinski definition) is 1. The predicted molar refractivity (Wildman–Crippen MR) is 141 cm³/mol. The lowest BCUT2D eigenvalue weighted by Crippen LogP contribution is -2.52. The number of hydrogen-bond acceptors (Lipinski definition) is 5. The number of amides is 2. The molecule has 3 unspecified atom stereocenters. The van der Waals surface area contributed by atoms with Gasteiger partial charge in [0.1, 0.15) is 0 Å². The standard InChI is InChI=1S/C29H29N3O4S/c33-26(14-15-27(34)35)31(20-12-13-20)28-21-4-1-2-6-23(21)32(24-7-3-5-22(24)28)29(36)19-10-8-18(9-11-19)25-16-30-17-37-25/h1-2,4,6,8-11,16-17,20,22,24,28H,3,5,7,12-15H2,(H,34,35). The number of thiazole rings is 1. The first-order chi connectivity index (χ1) is 18.0. The van der Waals surface area contributed by atoms with Gasteiger partial charge in [0.05, 0.1) is 22.9 Å². The molecule has 2 amide bonds. The Hall–Kier alpha value is -3.52. The minimum atomic E-state index is -0.954. The van der Waals surface area contributed by atoms with Gasteiger partial charge in [0.2, 0.25) is 5.91 Å². The summed E-state index contributed by atoms with van der Waals surface area (Å²) in [7, 11) is 0. The Kier molecular flexibility index (Phi) is 6.28. The van der Waals surface area contributed by atoms with Crippen molar-refractivity contribution < 1.29 is 19.5 Å². The molecule has 0 saturated heterocycles. The maximum Gasteiger partial charge on any atom is 0.303 e. The van der Waals surface area contributed by atoms with Crippen molar-refractivity contribution in [2.45, 2.75) is 63.1 Å². The van der Waals surface area contributed by atoms with Gasteiger partial charge in [-0.15, -0.1) is 11.3 Å². The molecule has 2 aliphatic carbocycles. The number of carboxylic acid groups (broad SMARTS) is 1. The molecule has 6 rings (SSSR count). The van der Waals surface area contributed by atoms with E-state index in [1.807, 2.05) is 64.5 Å². The van der Waals surface area contributed by atoms with Crippen LogP contribution in [0.3, 0.4) is 0 Å². The van der Waals surface area contributed by atoms with E-state index in [-0.39, 0.29) is 48.7 Å². The highest BCUT2D eigenvalue weighted by Crippen LogP contribution is 2.53. The maximum absolute atomic E-state index is 14.0. The van der Waals surface area contributed by atoms with Crippen molar-refractivity contribution in [3.8, 4) is 10.4 Å². The molecule has 190 valence electrons. The molecule has 0 spiro atoms. The zero-order valence-electron chi connectivity index (χ0n) is 20.5. The zero-order valence-corrected chi connectivity index (χ0v) is 21.3. The van der Waals surface area contributed by atoms with Gasteiger partial charge in [0, 0.05) is 41.9 Å². The molecule has 1 aromatic heterocycles. The summed E-state index contributed by atoms with van der Waals surface area (Å²) in [5.41, 5.74) is 5.34. The molecule has 2 saturated carbocycles. The summed E-state index contributed by atoms with van der Waals surface area (Å²) in [6.45, 7) is 0. The minimum Gasteiger partial charge on any atom is -0.481 e. The third kappa shape index (κ3) is 4.44. The van der Waals surface area contributed by atoms with E-state index in [9.17, 15) is 19.5 Å². The molecular formula is C29H29N3O4S. The molecule has 2 fully saturated rings.